The van der Waals surface area contributed by atoms with Gasteiger partial charge in [0, 0.05) is 31.6 Å². The topological polar surface area (TPSA) is 74.7 Å². The van der Waals surface area contributed by atoms with E-state index in [0.29, 0.717) is 5.56 Å². The Kier molecular flexibility index (Phi) is 5.18. The third-order valence-corrected chi connectivity index (χ3v) is 4.44. The number of thioether (sulfide) groups is 1. The van der Waals surface area contributed by atoms with Crippen molar-refractivity contribution in [2.75, 3.05) is 6.54 Å². The van der Waals surface area contributed by atoms with Gasteiger partial charge in [0.25, 0.3) is 0 Å². The molecule has 0 saturated carbocycles. The van der Waals surface area contributed by atoms with Crippen LogP contribution >= 0.6 is 11.8 Å². The number of hydrogen-bond acceptors (Lipinski definition) is 4. The molecule has 0 aliphatic carbocycles. The quantitative estimate of drug-likeness (QED) is 0.892. The molecule has 5 nitrogen and oxygen atoms in total. The number of nitrogens with zero attached hydrogens (tertiary/aromatic N) is 1. The van der Waals surface area contributed by atoms with Gasteiger partial charge in [0.05, 0.1) is 0 Å². The lowest BCUT2D eigenvalue weighted by Gasteiger charge is -2.24. The Balaban J connectivity index is 2.11. The number of hydrogen-bond donors (Lipinski definition) is 1. The third-order valence-electron chi connectivity index (χ3n) is 3.46. The van der Waals surface area contributed by atoms with Crippen LogP contribution in [0.4, 0.5) is 4.39 Å². The number of carboxylic acids is 1. The number of likely N-dealkylation sites (tertiary alicyclic amines) is 1. The van der Waals surface area contributed by atoms with Gasteiger partial charge in [0.1, 0.15) is 11.9 Å². The van der Waals surface area contributed by atoms with Crippen molar-refractivity contribution < 1.29 is 23.9 Å². The Hall–Kier alpha value is -1.89. The first-order valence-corrected chi connectivity index (χ1v) is 7.68. The van der Waals surface area contributed by atoms with Gasteiger partial charge in [0.15, 0.2) is 5.12 Å². The van der Waals surface area contributed by atoms with E-state index in [0.717, 1.165) is 11.8 Å². The second-order valence-electron chi connectivity index (χ2n) is 5.17. The van der Waals surface area contributed by atoms with Crippen LogP contribution < -0.4 is 0 Å². The maximum atomic E-state index is 12.9. The van der Waals surface area contributed by atoms with Gasteiger partial charge < -0.3 is 10.0 Å². The van der Waals surface area contributed by atoms with E-state index in [1.165, 1.54) is 36.1 Å². The predicted octanol–water partition coefficient (Wildman–Crippen LogP) is 1.70. The predicted molar refractivity (Wildman–Crippen MR) is 79.9 cm³/mol. The molecule has 1 aliphatic heterocycles. The summed E-state index contributed by atoms with van der Waals surface area (Å²) in [7, 11) is 0. The molecule has 0 bridgehead atoms. The summed E-state index contributed by atoms with van der Waals surface area (Å²) in [5.74, 6) is -1.77. The van der Waals surface area contributed by atoms with Gasteiger partial charge >= 0.3 is 5.97 Å². The third kappa shape index (κ3) is 4.07. The molecule has 1 aromatic rings. The van der Waals surface area contributed by atoms with Gasteiger partial charge in [-0.05, 0) is 17.7 Å². The fourth-order valence-electron chi connectivity index (χ4n) is 2.49. The summed E-state index contributed by atoms with van der Waals surface area (Å²) >= 11 is 1.06. The van der Waals surface area contributed by atoms with Gasteiger partial charge in [-0.25, -0.2) is 9.18 Å². The summed E-state index contributed by atoms with van der Waals surface area (Å²) in [6.07, 6.45) is 0.274. The molecule has 7 heteroatoms. The van der Waals surface area contributed by atoms with E-state index >= 15 is 0 Å². The van der Waals surface area contributed by atoms with Crippen LogP contribution in [0.5, 0.6) is 0 Å². The highest BCUT2D eigenvalue weighted by atomic mass is 32.2. The van der Waals surface area contributed by atoms with Gasteiger partial charge in [-0.3, -0.25) is 9.59 Å². The molecule has 1 aromatic carbocycles. The first kappa shape index (κ1) is 16.5. The van der Waals surface area contributed by atoms with Crippen LogP contribution in [0.2, 0.25) is 0 Å². The molecule has 0 spiro atoms. The van der Waals surface area contributed by atoms with Crippen LogP contribution in [0.25, 0.3) is 0 Å². The number of amides is 1. The lowest BCUT2D eigenvalue weighted by Crippen LogP contribution is -2.43. The first-order chi connectivity index (χ1) is 10.4. The SMILES string of the molecule is CC(=O)SC1CC(=O)N([C@@H](Cc2ccc(F)cc2)C(=O)O)C1. The molecule has 1 amide bonds. The fourth-order valence-corrected chi connectivity index (χ4v) is 3.42. The number of benzene rings is 1. The largest absolute Gasteiger partial charge is 0.480 e. The Morgan fingerprint density at radius 3 is 2.59 bits per heavy atom. The van der Waals surface area contributed by atoms with E-state index in [4.69, 9.17) is 0 Å². The molecule has 1 aliphatic rings. The number of aliphatic carboxylic acids is 1. The van der Waals surface area contributed by atoms with E-state index < -0.39 is 17.8 Å². The van der Waals surface area contributed by atoms with E-state index in [1.54, 1.807) is 0 Å². The van der Waals surface area contributed by atoms with Crippen molar-refractivity contribution >= 4 is 28.8 Å². The van der Waals surface area contributed by atoms with E-state index in [1.807, 2.05) is 0 Å². The lowest BCUT2D eigenvalue weighted by molar-refractivity contribution is -0.148. The summed E-state index contributed by atoms with van der Waals surface area (Å²) in [5, 5.41) is 9.09. The molecule has 1 heterocycles. The van der Waals surface area contributed by atoms with Crippen molar-refractivity contribution in [3.63, 3.8) is 0 Å². The van der Waals surface area contributed by atoms with E-state index in [2.05, 4.69) is 0 Å². The fraction of sp³-hybridized carbons (Fsp3) is 0.400. The molecule has 118 valence electrons. The lowest BCUT2D eigenvalue weighted by atomic mass is 10.0. The minimum Gasteiger partial charge on any atom is -0.480 e. The van der Waals surface area contributed by atoms with Crippen molar-refractivity contribution in [2.45, 2.75) is 31.1 Å². The van der Waals surface area contributed by atoms with Crippen molar-refractivity contribution in [1.82, 2.24) is 4.90 Å². The number of carbonyl (C=O) groups excluding carboxylic acids is 2. The summed E-state index contributed by atoms with van der Waals surface area (Å²) < 4.78 is 12.9. The van der Waals surface area contributed by atoms with Crippen molar-refractivity contribution in [3.05, 3.63) is 35.6 Å². The van der Waals surface area contributed by atoms with Gasteiger partial charge in [-0.2, -0.15) is 0 Å². The van der Waals surface area contributed by atoms with Crippen LogP contribution in [0.15, 0.2) is 24.3 Å². The number of halogens is 1. The number of carbonyl (C=O) groups is 3. The summed E-state index contributed by atoms with van der Waals surface area (Å²) in [6.45, 7) is 1.66. The standard InChI is InChI=1S/C15H16FNO4S/c1-9(18)22-12-7-14(19)17(8-12)13(15(20)21)6-10-2-4-11(16)5-3-10/h2-5,12-13H,6-8H2,1H3,(H,20,21)/t12?,13-/m0/s1. The molecule has 0 aromatic heterocycles. The van der Waals surface area contributed by atoms with Crippen LogP contribution in [-0.2, 0) is 20.8 Å². The summed E-state index contributed by atoms with van der Waals surface area (Å²) in [4.78, 5) is 35.9. The molecule has 22 heavy (non-hydrogen) atoms. The molecular formula is C15H16FNO4S. The smallest absolute Gasteiger partial charge is 0.326 e. The second-order valence-corrected chi connectivity index (χ2v) is 6.64. The average molecular weight is 325 g/mol. The summed E-state index contributed by atoms with van der Waals surface area (Å²) in [6, 6.07) is 4.53. The number of carboxylic acid groups (broad SMARTS) is 1. The highest BCUT2D eigenvalue weighted by Gasteiger charge is 2.38. The van der Waals surface area contributed by atoms with Crippen molar-refractivity contribution in [2.24, 2.45) is 0 Å². The zero-order chi connectivity index (χ0) is 16.3. The minimum atomic E-state index is -1.11. The molecule has 2 rings (SSSR count). The molecular weight excluding hydrogens is 309 g/mol. The van der Waals surface area contributed by atoms with Crippen LogP contribution in [0.3, 0.4) is 0 Å². The minimum absolute atomic E-state index is 0.0925. The normalized spacial score (nSPS) is 19.3. The zero-order valence-electron chi connectivity index (χ0n) is 12.0. The number of rotatable bonds is 5. The molecule has 2 atom stereocenters. The molecule has 1 fully saturated rings. The van der Waals surface area contributed by atoms with E-state index in [-0.39, 0.29) is 35.7 Å². The molecule has 1 N–H and O–H groups in total. The van der Waals surface area contributed by atoms with Crippen LogP contribution in [0, 0.1) is 5.82 Å². The molecule has 1 unspecified atom stereocenters. The highest BCUT2D eigenvalue weighted by molar-refractivity contribution is 8.14. The maximum absolute atomic E-state index is 12.9. The Labute approximate surface area is 131 Å². The van der Waals surface area contributed by atoms with Crippen molar-refractivity contribution in [3.8, 4) is 0 Å². The van der Waals surface area contributed by atoms with Crippen LogP contribution in [-0.4, -0.2) is 44.8 Å². The first-order valence-electron chi connectivity index (χ1n) is 6.80. The summed E-state index contributed by atoms with van der Waals surface area (Å²) in [5.41, 5.74) is 0.643. The van der Waals surface area contributed by atoms with Crippen LogP contribution in [0.1, 0.15) is 18.9 Å². The van der Waals surface area contributed by atoms with Gasteiger partial charge in [0.2, 0.25) is 5.91 Å². The Bertz CT molecular complexity index is 590. The van der Waals surface area contributed by atoms with Gasteiger partial charge in [-0.1, -0.05) is 23.9 Å². The monoisotopic (exact) mass is 325 g/mol. The van der Waals surface area contributed by atoms with Crippen molar-refractivity contribution in [1.29, 1.82) is 0 Å². The Morgan fingerprint density at radius 1 is 1.41 bits per heavy atom. The highest BCUT2D eigenvalue weighted by Crippen LogP contribution is 2.26. The zero-order valence-corrected chi connectivity index (χ0v) is 12.8. The Morgan fingerprint density at radius 2 is 2.05 bits per heavy atom. The second kappa shape index (κ2) is 6.91. The maximum Gasteiger partial charge on any atom is 0.326 e. The average Bonchev–Trinajstić information content (AvgIpc) is 2.77. The molecule has 1 saturated heterocycles. The van der Waals surface area contributed by atoms with E-state index in [9.17, 15) is 23.9 Å². The molecule has 0 radical (unpaired) electrons. The van der Waals surface area contributed by atoms with Gasteiger partial charge in [-0.15, -0.1) is 0 Å².